The topological polar surface area (TPSA) is 47.6 Å². The summed E-state index contributed by atoms with van der Waals surface area (Å²) in [6, 6.07) is 7.32. The number of esters is 1. The van der Waals surface area contributed by atoms with E-state index in [1.165, 1.54) is 0 Å². The van der Waals surface area contributed by atoms with E-state index in [2.05, 4.69) is 5.32 Å². The van der Waals surface area contributed by atoms with Gasteiger partial charge in [-0.2, -0.15) is 0 Å². The number of rotatable bonds is 7. The number of hydrogen-bond donors (Lipinski definition) is 1. The second kappa shape index (κ2) is 7.81. The molecule has 4 heteroatoms. The van der Waals surface area contributed by atoms with Crippen LogP contribution in [0.4, 0.5) is 0 Å². The zero-order chi connectivity index (χ0) is 12.5. The molecule has 0 aliphatic carbocycles. The molecule has 0 aliphatic heterocycles. The van der Waals surface area contributed by atoms with Crippen molar-refractivity contribution in [2.75, 3.05) is 26.8 Å². The maximum Gasteiger partial charge on any atom is 0.338 e. The monoisotopic (exact) mass is 237 g/mol. The lowest BCUT2D eigenvalue weighted by Crippen LogP contribution is -2.14. The minimum absolute atomic E-state index is 0.287. The van der Waals surface area contributed by atoms with Gasteiger partial charge in [0, 0.05) is 6.54 Å². The molecule has 0 heterocycles. The van der Waals surface area contributed by atoms with Gasteiger partial charge in [-0.25, -0.2) is 4.79 Å². The highest BCUT2D eigenvalue weighted by atomic mass is 16.5. The second-order valence-electron chi connectivity index (χ2n) is 3.58. The minimum Gasteiger partial charge on any atom is -0.462 e. The Kier molecular flexibility index (Phi) is 6.29. The average Bonchev–Trinajstić information content (AvgIpc) is 2.35. The number of carbonyl (C=O) groups excluding carboxylic acids is 1. The highest BCUT2D eigenvalue weighted by Crippen LogP contribution is 2.08. The lowest BCUT2D eigenvalue weighted by molar-refractivity contribution is 0.0526. The molecule has 0 fully saturated rings. The van der Waals surface area contributed by atoms with Gasteiger partial charge < -0.3 is 14.8 Å². The Bertz CT molecular complexity index is 352. The molecule has 0 atom stereocenters. The highest BCUT2D eigenvalue weighted by Gasteiger charge is 2.06. The third-order valence-electron chi connectivity index (χ3n) is 2.20. The molecular weight excluding hydrogens is 218 g/mol. The number of hydrogen-bond acceptors (Lipinski definition) is 4. The minimum atomic E-state index is -0.287. The van der Waals surface area contributed by atoms with E-state index in [0.717, 1.165) is 12.1 Å². The second-order valence-corrected chi connectivity index (χ2v) is 3.58. The predicted molar refractivity (Wildman–Crippen MR) is 66.0 cm³/mol. The fraction of sp³-hybridized carbons (Fsp3) is 0.462. The Balaban J connectivity index is 2.50. The molecule has 94 valence electrons. The van der Waals surface area contributed by atoms with Gasteiger partial charge in [-0.05, 0) is 31.7 Å². The first kappa shape index (κ1) is 13.7. The van der Waals surface area contributed by atoms with E-state index < -0.39 is 0 Å². The van der Waals surface area contributed by atoms with E-state index in [4.69, 9.17) is 9.47 Å². The van der Waals surface area contributed by atoms with E-state index in [0.29, 0.717) is 25.4 Å². The van der Waals surface area contributed by atoms with Crippen molar-refractivity contribution in [2.24, 2.45) is 0 Å². The van der Waals surface area contributed by atoms with Gasteiger partial charge in [-0.1, -0.05) is 12.1 Å². The quantitative estimate of drug-likeness (QED) is 0.578. The zero-order valence-electron chi connectivity index (χ0n) is 10.4. The number of benzene rings is 1. The number of ether oxygens (including phenoxy) is 2. The largest absolute Gasteiger partial charge is 0.462 e. The van der Waals surface area contributed by atoms with E-state index >= 15 is 0 Å². The smallest absolute Gasteiger partial charge is 0.338 e. The Morgan fingerprint density at radius 3 is 2.94 bits per heavy atom. The summed E-state index contributed by atoms with van der Waals surface area (Å²) in [5, 5.41) is 3.00. The maximum atomic E-state index is 11.5. The first-order valence-electron chi connectivity index (χ1n) is 5.76. The Morgan fingerprint density at radius 2 is 2.24 bits per heavy atom. The van der Waals surface area contributed by atoms with E-state index in [-0.39, 0.29) is 5.97 Å². The van der Waals surface area contributed by atoms with Crippen molar-refractivity contribution in [1.82, 2.24) is 5.32 Å². The van der Waals surface area contributed by atoms with Crippen LogP contribution in [-0.2, 0) is 16.1 Å². The summed E-state index contributed by atoms with van der Waals surface area (Å²) < 4.78 is 10.4. The fourth-order valence-corrected chi connectivity index (χ4v) is 1.37. The van der Waals surface area contributed by atoms with Gasteiger partial charge in [-0.15, -0.1) is 0 Å². The van der Waals surface area contributed by atoms with Crippen molar-refractivity contribution in [2.45, 2.75) is 13.5 Å². The van der Waals surface area contributed by atoms with Gasteiger partial charge >= 0.3 is 5.97 Å². The van der Waals surface area contributed by atoms with Crippen LogP contribution < -0.4 is 5.32 Å². The predicted octanol–water partition coefficient (Wildman–Crippen LogP) is 1.60. The molecule has 0 spiro atoms. The third-order valence-corrected chi connectivity index (χ3v) is 2.20. The molecule has 0 radical (unpaired) electrons. The van der Waals surface area contributed by atoms with Gasteiger partial charge in [-0.3, -0.25) is 0 Å². The number of nitrogens with one attached hydrogen (secondary N) is 1. The molecule has 0 amide bonds. The molecule has 1 rings (SSSR count). The van der Waals surface area contributed by atoms with Gasteiger partial charge in [0.05, 0.1) is 25.4 Å². The van der Waals surface area contributed by atoms with Crippen molar-refractivity contribution < 1.29 is 14.3 Å². The lowest BCUT2D eigenvalue weighted by Gasteiger charge is -2.06. The molecule has 0 saturated heterocycles. The van der Waals surface area contributed by atoms with Crippen LogP contribution in [0.5, 0.6) is 0 Å². The van der Waals surface area contributed by atoms with E-state index in [1.807, 2.05) is 19.2 Å². The van der Waals surface area contributed by atoms with E-state index in [1.54, 1.807) is 19.1 Å². The number of carbonyl (C=O) groups is 1. The summed E-state index contributed by atoms with van der Waals surface area (Å²) in [7, 11) is 1.88. The molecule has 0 aromatic heterocycles. The maximum absolute atomic E-state index is 11.5. The van der Waals surface area contributed by atoms with Crippen LogP contribution in [0.1, 0.15) is 22.8 Å². The average molecular weight is 237 g/mol. The van der Waals surface area contributed by atoms with Crippen LogP contribution >= 0.6 is 0 Å². The van der Waals surface area contributed by atoms with Crippen LogP contribution in [0.25, 0.3) is 0 Å². The van der Waals surface area contributed by atoms with Gasteiger partial charge in [0.25, 0.3) is 0 Å². The summed E-state index contributed by atoms with van der Waals surface area (Å²) in [6.45, 7) is 4.16. The molecule has 0 unspecified atom stereocenters. The fourth-order valence-electron chi connectivity index (χ4n) is 1.37. The first-order chi connectivity index (χ1) is 8.27. The van der Waals surface area contributed by atoms with Crippen molar-refractivity contribution >= 4 is 5.97 Å². The molecule has 1 N–H and O–H groups in total. The van der Waals surface area contributed by atoms with Gasteiger partial charge in [0.15, 0.2) is 0 Å². The normalized spacial score (nSPS) is 10.2. The van der Waals surface area contributed by atoms with Crippen LogP contribution in [0.3, 0.4) is 0 Å². The van der Waals surface area contributed by atoms with E-state index in [9.17, 15) is 4.79 Å². The molecule has 4 nitrogen and oxygen atoms in total. The molecule has 1 aromatic rings. The molecule has 0 bridgehead atoms. The molecular formula is C13H19NO3. The summed E-state index contributed by atoms with van der Waals surface area (Å²) in [4.78, 5) is 11.5. The summed E-state index contributed by atoms with van der Waals surface area (Å²) in [6.07, 6.45) is 0. The molecule has 1 aromatic carbocycles. The SMILES string of the molecule is CCOC(=O)c1cccc(COCCNC)c1. The first-order valence-corrected chi connectivity index (χ1v) is 5.76. The van der Waals surface area contributed by atoms with Crippen molar-refractivity contribution in [3.8, 4) is 0 Å². The summed E-state index contributed by atoms with van der Waals surface area (Å²) >= 11 is 0. The van der Waals surface area contributed by atoms with Crippen molar-refractivity contribution in [3.05, 3.63) is 35.4 Å². The van der Waals surface area contributed by atoms with Gasteiger partial charge in [0.2, 0.25) is 0 Å². The van der Waals surface area contributed by atoms with Crippen LogP contribution in [0.15, 0.2) is 24.3 Å². The zero-order valence-corrected chi connectivity index (χ0v) is 10.4. The molecule has 17 heavy (non-hydrogen) atoms. The van der Waals surface area contributed by atoms with Crippen LogP contribution in [-0.4, -0.2) is 32.8 Å². The summed E-state index contributed by atoms with van der Waals surface area (Å²) in [5.74, 6) is -0.287. The van der Waals surface area contributed by atoms with Crippen molar-refractivity contribution in [3.63, 3.8) is 0 Å². The third kappa shape index (κ3) is 4.97. The Labute approximate surface area is 102 Å². The van der Waals surface area contributed by atoms with Crippen LogP contribution in [0.2, 0.25) is 0 Å². The lowest BCUT2D eigenvalue weighted by atomic mass is 10.1. The Morgan fingerprint density at radius 1 is 1.41 bits per heavy atom. The van der Waals surface area contributed by atoms with Crippen LogP contribution in [0, 0.1) is 0 Å². The number of likely N-dealkylation sites (N-methyl/N-ethyl adjacent to an activating group) is 1. The van der Waals surface area contributed by atoms with Gasteiger partial charge in [0.1, 0.15) is 0 Å². The highest BCUT2D eigenvalue weighted by molar-refractivity contribution is 5.89. The molecule has 0 saturated carbocycles. The molecule has 0 aliphatic rings. The Hall–Kier alpha value is -1.39. The standard InChI is InChI=1S/C13H19NO3/c1-3-17-13(15)12-6-4-5-11(9-12)10-16-8-7-14-2/h4-6,9,14H,3,7-8,10H2,1-2H3. The summed E-state index contributed by atoms with van der Waals surface area (Å²) in [5.41, 5.74) is 1.55. The van der Waals surface area contributed by atoms with Crippen molar-refractivity contribution in [1.29, 1.82) is 0 Å².